The number of Topliss-reactive ketones (excluding diaryl/α,β-unsaturated/α-hetero) is 1. The molecule has 0 aromatic heterocycles. The summed E-state index contributed by atoms with van der Waals surface area (Å²) in [7, 11) is 0. The fourth-order valence-electron chi connectivity index (χ4n) is 3.54. The van der Waals surface area contributed by atoms with Crippen LogP contribution in [-0.2, 0) is 11.2 Å². The number of hydrogen-bond acceptors (Lipinski definition) is 2. The molecule has 0 spiro atoms. The Morgan fingerprint density at radius 1 is 1.35 bits per heavy atom. The van der Waals surface area contributed by atoms with E-state index in [2.05, 4.69) is 21.2 Å². The molecular weight excluding hydrogens is 321 g/mol. The van der Waals surface area contributed by atoms with Crippen molar-refractivity contribution >= 4 is 21.7 Å². The number of ketones is 1. The molecule has 108 valence electrons. The minimum atomic E-state index is -0.286. The zero-order valence-electron chi connectivity index (χ0n) is 11.4. The predicted molar refractivity (Wildman–Crippen MR) is 80.1 cm³/mol. The molecule has 1 aliphatic heterocycles. The summed E-state index contributed by atoms with van der Waals surface area (Å²) in [6.07, 6.45) is 6.40. The summed E-state index contributed by atoms with van der Waals surface area (Å²) in [5.74, 6) is 0.627. The first-order valence-corrected chi connectivity index (χ1v) is 8.15. The number of fused-ring (bicyclic) bond motifs is 1. The highest BCUT2D eigenvalue weighted by molar-refractivity contribution is 9.10. The monoisotopic (exact) mass is 339 g/mol. The van der Waals surface area contributed by atoms with Crippen LogP contribution in [0.1, 0.15) is 37.7 Å². The molecule has 1 aromatic carbocycles. The minimum absolute atomic E-state index is 0.00747. The first kappa shape index (κ1) is 14.2. The Balaban J connectivity index is 1.63. The molecule has 0 radical (unpaired) electrons. The van der Waals surface area contributed by atoms with E-state index in [1.54, 1.807) is 12.1 Å². The summed E-state index contributed by atoms with van der Waals surface area (Å²) in [4.78, 5) is 12.4. The molecule has 3 rings (SSSR count). The molecule has 4 heteroatoms. The Kier molecular flexibility index (Phi) is 4.22. The zero-order chi connectivity index (χ0) is 14.1. The van der Waals surface area contributed by atoms with E-state index in [-0.39, 0.29) is 17.6 Å². The van der Waals surface area contributed by atoms with Gasteiger partial charge in [0.2, 0.25) is 0 Å². The van der Waals surface area contributed by atoms with Crippen molar-refractivity contribution in [3.63, 3.8) is 0 Å². The molecule has 1 saturated heterocycles. The maximum Gasteiger partial charge on any atom is 0.154 e. The average Bonchev–Trinajstić information content (AvgIpc) is 2.87. The van der Waals surface area contributed by atoms with Gasteiger partial charge in [-0.1, -0.05) is 18.9 Å². The molecule has 0 bridgehead atoms. The van der Waals surface area contributed by atoms with Crippen molar-refractivity contribution in [2.75, 3.05) is 0 Å². The Hall–Kier alpha value is -0.740. The van der Waals surface area contributed by atoms with Crippen LogP contribution in [0.3, 0.4) is 0 Å². The third-order valence-corrected chi connectivity index (χ3v) is 5.22. The third-order valence-electron chi connectivity index (χ3n) is 4.61. The van der Waals surface area contributed by atoms with E-state index in [9.17, 15) is 9.18 Å². The topological polar surface area (TPSA) is 29.1 Å². The summed E-state index contributed by atoms with van der Waals surface area (Å²) in [5, 5.41) is 3.50. The minimum Gasteiger partial charge on any atom is -0.304 e. The van der Waals surface area contributed by atoms with Gasteiger partial charge in [-0.15, -0.1) is 0 Å². The summed E-state index contributed by atoms with van der Waals surface area (Å²) in [6, 6.07) is 5.34. The Bertz CT molecular complexity index is 505. The number of hydrogen-bond donors (Lipinski definition) is 1. The van der Waals surface area contributed by atoms with E-state index in [1.807, 2.05) is 0 Å². The standard InChI is InChI=1S/C16H19BrFNO/c17-12-7-10(5-6-13(12)18)8-16(20)15-9-11-3-1-2-4-14(11)19-15/h5-7,11,14-15,19H,1-4,8-9H2. The van der Waals surface area contributed by atoms with Gasteiger partial charge in [0.15, 0.2) is 5.78 Å². The van der Waals surface area contributed by atoms with E-state index in [1.165, 1.54) is 31.7 Å². The van der Waals surface area contributed by atoms with E-state index < -0.39 is 0 Å². The van der Waals surface area contributed by atoms with Crippen molar-refractivity contribution in [1.82, 2.24) is 5.32 Å². The van der Waals surface area contributed by atoms with Crippen LogP contribution in [0.2, 0.25) is 0 Å². The number of benzene rings is 1. The second kappa shape index (κ2) is 5.94. The van der Waals surface area contributed by atoms with Gasteiger partial charge in [-0.05, 0) is 58.8 Å². The zero-order valence-corrected chi connectivity index (χ0v) is 13.0. The lowest BCUT2D eigenvalue weighted by Crippen LogP contribution is -2.37. The SMILES string of the molecule is O=C(Cc1ccc(F)c(Br)c1)C1CC2CCCCC2N1. The van der Waals surface area contributed by atoms with Gasteiger partial charge in [0.1, 0.15) is 5.82 Å². The molecule has 1 N–H and O–H groups in total. The van der Waals surface area contributed by atoms with Crippen molar-refractivity contribution < 1.29 is 9.18 Å². The van der Waals surface area contributed by atoms with E-state index in [0.29, 0.717) is 22.9 Å². The smallest absolute Gasteiger partial charge is 0.154 e. The second-order valence-corrected chi connectivity index (χ2v) is 6.85. The highest BCUT2D eigenvalue weighted by Gasteiger charge is 2.37. The van der Waals surface area contributed by atoms with Gasteiger partial charge in [0.05, 0.1) is 10.5 Å². The highest BCUT2D eigenvalue weighted by Crippen LogP contribution is 2.33. The molecule has 1 aliphatic carbocycles. The van der Waals surface area contributed by atoms with Crippen LogP contribution < -0.4 is 5.32 Å². The first-order chi connectivity index (χ1) is 9.63. The van der Waals surface area contributed by atoms with E-state index in [0.717, 1.165) is 12.0 Å². The van der Waals surface area contributed by atoms with Gasteiger partial charge in [-0.3, -0.25) is 4.79 Å². The lowest BCUT2D eigenvalue weighted by atomic mass is 9.84. The molecular formula is C16H19BrFNO. The van der Waals surface area contributed by atoms with Crippen molar-refractivity contribution in [3.05, 3.63) is 34.1 Å². The number of nitrogens with one attached hydrogen (secondary N) is 1. The maximum absolute atomic E-state index is 13.2. The maximum atomic E-state index is 13.2. The van der Waals surface area contributed by atoms with Gasteiger partial charge in [0.25, 0.3) is 0 Å². The first-order valence-electron chi connectivity index (χ1n) is 7.36. The molecule has 0 amide bonds. The fourth-order valence-corrected chi connectivity index (χ4v) is 3.96. The Morgan fingerprint density at radius 3 is 2.90 bits per heavy atom. The quantitative estimate of drug-likeness (QED) is 0.911. The predicted octanol–water partition coefficient (Wildman–Crippen LogP) is 3.62. The Labute approximate surface area is 127 Å². The van der Waals surface area contributed by atoms with Crippen LogP contribution in [0.4, 0.5) is 4.39 Å². The second-order valence-electron chi connectivity index (χ2n) is 6.00. The molecule has 20 heavy (non-hydrogen) atoms. The summed E-state index contributed by atoms with van der Waals surface area (Å²) >= 11 is 3.17. The highest BCUT2D eigenvalue weighted by atomic mass is 79.9. The lowest BCUT2D eigenvalue weighted by molar-refractivity contribution is -0.120. The molecule has 3 unspecified atom stereocenters. The van der Waals surface area contributed by atoms with Gasteiger partial charge in [-0.2, -0.15) is 0 Å². The van der Waals surface area contributed by atoms with Gasteiger partial charge >= 0.3 is 0 Å². The summed E-state index contributed by atoms with van der Waals surface area (Å²) in [6.45, 7) is 0. The number of carbonyl (C=O) groups excluding carboxylic acids is 1. The largest absolute Gasteiger partial charge is 0.304 e. The lowest BCUT2D eigenvalue weighted by Gasteiger charge is -2.24. The van der Waals surface area contributed by atoms with Gasteiger partial charge in [-0.25, -0.2) is 4.39 Å². The molecule has 2 nitrogen and oxygen atoms in total. The van der Waals surface area contributed by atoms with Crippen LogP contribution in [0.15, 0.2) is 22.7 Å². The van der Waals surface area contributed by atoms with Crippen LogP contribution in [-0.4, -0.2) is 17.9 Å². The van der Waals surface area contributed by atoms with Crippen molar-refractivity contribution in [2.45, 2.75) is 50.6 Å². The molecule has 2 aliphatic rings. The Morgan fingerprint density at radius 2 is 2.15 bits per heavy atom. The fraction of sp³-hybridized carbons (Fsp3) is 0.562. The molecule has 2 fully saturated rings. The number of halogens is 2. The van der Waals surface area contributed by atoms with E-state index in [4.69, 9.17) is 0 Å². The summed E-state index contributed by atoms with van der Waals surface area (Å²) in [5.41, 5.74) is 0.875. The van der Waals surface area contributed by atoms with Crippen LogP contribution in [0, 0.1) is 11.7 Å². The summed E-state index contributed by atoms with van der Waals surface area (Å²) < 4.78 is 13.6. The number of rotatable bonds is 3. The van der Waals surface area contributed by atoms with Crippen LogP contribution >= 0.6 is 15.9 Å². The van der Waals surface area contributed by atoms with Crippen LogP contribution in [0.25, 0.3) is 0 Å². The van der Waals surface area contributed by atoms with Crippen LogP contribution in [0.5, 0.6) is 0 Å². The van der Waals surface area contributed by atoms with Gasteiger partial charge < -0.3 is 5.32 Å². The van der Waals surface area contributed by atoms with Crippen molar-refractivity contribution in [3.8, 4) is 0 Å². The third kappa shape index (κ3) is 2.96. The molecule has 1 saturated carbocycles. The van der Waals surface area contributed by atoms with Crippen molar-refractivity contribution in [1.29, 1.82) is 0 Å². The van der Waals surface area contributed by atoms with E-state index >= 15 is 0 Å². The van der Waals surface area contributed by atoms with Gasteiger partial charge in [0, 0.05) is 12.5 Å². The molecule has 3 atom stereocenters. The average molecular weight is 340 g/mol. The molecule has 1 aromatic rings. The molecule has 1 heterocycles. The number of carbonyl (C=O) groups is 1. The van der Waals surface area contributed by atoms with Crippen molar-refractivity contribution in [2.24, 2.45) is 5.92 Å². The normalized spacial score (nSPS) is 29.2.